The largest absolute Gasteiger partial charge is 0.465 e. The number of aromatic nitrogens is 2. The lowest BCUT2D eigenvalue weighted by Gasteiger charge is -2.28. The maximum Gasteiger partial charge on any atom is 0.340 e. The number of hydrogen-bond acceptors (Lipinski definition) is 6. The van der Waals surface area contributed by atoms with Gasteiger partial charge in [0, 0.05) is 30.7 Å². The number of aryl methyl sites for hydroxylation is 2. The van der Waals surface area contributed by atoms with Crippen LogP contribution in [0.2, 0.25) is 0 Å². The Kier molecular flexibility index (Phi) is 5.58. The Hall–Kier alpha value is -3.87. The topological polar surface area (TPSA) is 96.4 Å². The summed E-state index contributed by atoms with van der Waals surface area (Å²) >= 11 is 0. The molecular weight excluding hydrogens is 394 g/mol. The van der Waals surface area contributed by atoms with E-state index in [4.69, 9.17) is 15.2 Å². The Morgan fingerprint density at radius 3 is 2.58 bits per heavy atom. The third-order valence-corrected chi connectivity index (χ3v) is 5.48. The lowest BCUT2D eigenvalue weighted by atomic mass is 9.84. The van der Waals surface area contributed by atoms with Gasteiger partial charge in [-0.3, -0.25) is 9.78 Å². The first-order valence-electron chi connectivity index (χ1n) is 9.95. The molecule has 4 rings (SSSR count). The van der Waals surface area contributed by atoms with Gasteiger partial charge in [-0.25, -0.2) is 4.79 Å². The highest BCUT2D eigenvalue weighted by atomic mass is 16.5. The molecule has 1 aliphatic heterocycles. The molecule has 0 bridgehead atoms. The second-order valence-electron chi connectivity index (χ2n) is 7.34. The Bertz CT molecular complexity index is 1200. The van der Waals surface area contributed by atoms with Gasteiger partial charge in [-0.15, -0.1) is 0 Å². The van der Waals surface area contributed by atoms with Crippen LogP contribution in [-0.4, -0.2) is 22.6 Å². The van der Waals surface area contributed by atoms with Gasteiger partial charge in [0.2, 0.25) is 5.88 Å². The zero-order valence-electron chi connectivity index (χ0n) is 17.4. The van der Waals surface area contributed by atoms with Gasteiger partial charge in [-0.05, 0) is 36.6 Å². The summed E-state index contributed by atoms with van der Waals surface area (Å²) in [5.41, 5.74) is 8.94. The summed E-state index contributed by atoms with van der Waals surface area (Å²) in [6, 6.07) is 15.3. The van der Waals surface area contributed by atoms with Crippen molar-refractivity contribution in [3.05, 3.63) is 105 Å². The summed E-state index contributed by atoms with van der Waals surface area (Å²) in [5.74, 6) is -1.07. The molecule has 7 heteroatoms. The number of nitrogens with two attached hydrogens (primary N) is 1. The molecule has 0 fully saturated rings. The number of fused-ring (bicyclic) bond motifs is 1. The second-order valence-corrected chi connectivity index (χ2v) is 7.34. The van der Waals surface area contributed by atoms with Gasteiger partial charge in [0.15, 0.2) is 0 Å². The molecule has 0 saturated carbocycles. The van der Waals surface area contributed by atoms with Crippen LogP contribution >= 0.6 is 0 Å². The maximum atomic E-state index is 13.7. The fourth-order valence-corrected chi connectivity index (χ4v) is 3.95. The van der Waals surface area contributed by atoms with Gasteiger partial charge in [-0.2, -0.15) is 0 Å². The highest BCUT2D eigenvalue weighted by Crippen LogP contribution is 2.41. The van der Waals surface area contributed by atoms with Crippen molar-refractivity contribution in [1.29, 1.82) is 0 Å². The molecule has 1 atom stereocenters. The lowest BCUT2D eigenvalue weighted by molar-refractivity contribution is -0.136. The first-order valence-corrected chi connectivity index (χ1v) is 9.95. The fraction of sp³-hybridized carbons (Fsp3) is 0.208. The van der Waals surface area contributed by atoms with Crippen LogP contribution < -0.4 is 16.0 Å². The molecule has 31 heavy (non-hydrogen) atoms. The Balaban J connectivity index is 1.85. The smallest absolute Gasteiger partial charge is 0.340 e. The van der Waals surface area contributed by atoms with Gasteiger partial charge in [0.05, 0.1) is 18.6 Å². The van der Waals surface area contributed by atoms with E-state index in [1.165, 1.54) is 7.11 Å². The van der Waals surface area contributed by atoms with Gasteiger partial charge >= 0.3 is 5.97 Å². The third kappa shape index (κ3) is 3.82. The van der Waals surface area contributed by atoms with E-state index in [9.17, 15) is 9.59 Å². The molecular formula is C24H23N3O4. The number of carbonyl (C=O) groups is 1. The van der Waals surface area contributed by atoms with E-state index in [1.807, 2.05) is 37.3 Å². The van der Waals surface area contributed by atoms with Crippen molar-refractivity contribution in [2.24, 2.45) is 5.73 Å². The van der Waals surface area contributed by atoms with Crippen LogP contribution in [0, 0.1) is 6.92 Å². The molecule has 1 aliphatic rings. The van der Waals surface area contributed by atoms with E-state index >= 15 is 0 Å². The van der Waals surface area contributed by atoms with E-state index in [0.29, 0.717) is 29.8 Å². The summed E-state index contributed by atoms with van der Waals surface area (Å²) in [5, 5.41) is 0. The van der Waals surface area contributed by atoms with Crippen LogP contribution in [0.5, 0.6) is 5.75 Å². The van der Waals surface area contributed by atoms with E-state index in [1.54, 1.807) is 35.2 Å². The molecule has 1 unspecified atom stereocenters. The Labute approximate surface area is 179 Å². The van der Waals surface area contributed by atoms with E-state index in [-0.39, 0.29) is 17.0 Å². The van der Waals surface area contributed by atoms with Crippen LogP contribution in [0.1, 0.15) is 28.3 Å². The van der Waals surface area contributed by atoms with Gasteiger partial charge in [0.1, 0.15) is 11.3 Å². The first-order chi connectivity index (χ1) is 15.0. The van der Waals surface area contributed by atoms with Crippen molar-refractivity contribution in [3.63, 3.8) is 0 Å². The van der Waals surface area contributed by atoms with E-state index in [0.717, 1.165) is 11.3 Å². The van der Waals surface area contributed by atoms with Crippen LogP contribution in [0.15, 0.2) is 77.2 Å². The highest BCUT2D eigenvalue weighted by Gasteiger charge is 2.38. The Morgan fingerprint density at radius 1 is 1.19 bits per heavy atom. The molecule has 0 spiro atoms. The number of benzene rings is 1. The zero-order valence-corrected chi connectivity index (χ0v) is 17.4. The highest BCUT2D eigenvalue weighted by molar-refractivity contribution is 5.92. The minimum Gasteiger partial charge on any atom is -0.465 e. The van der Waals surface area contributed by atoms with Gasteiger partial charge in [0.25, 0.3) is 5.56 Å². The second kappa shape index (κ2) is 8.47. The molecule has 7 nitrogen and oxygen atoms in total. The van der Waals surface area contributed by atoms with Crippen molar-refractivity contribution < 1.29 is 14.3 Å². The van der Waals surface area contributed by atoms with Gasteiger partial charge < -0.3 is 19.8 Å². The maximum absolute atomic E-state index is 13.7. The molecule has 0 amide bonds. The Morgan fingerprint density at radius 2 is 1.90 bits per heavy atom. The number of esters is 1. The molecule has 0 radical (unpaired) electrons. The number of ether oxygens (including phenoxy) is 2. The summed E-state index contributed by atoms with van der Waals surface area (Å²) < 4.78 is 12.4. The number of carbonyl (C=O) groups excluding carboxylic acids is 1. The minimum atomic E-state index is -0.713. The van der Waals surface area contributed by atoms with Crippen molar-refractivity contribution in [2.75, 3.05) is 7.11 Å². The zero-order chi connectivity index (χ0) is 22.0. The summed E-state index contributed by atoms with van der Waals surface area (Å²) in [4.78, 5) is 30.3. The molecule has 3 aromatic rings. The van der Waals surface area contributed by atoms with E-state index < -0.39 is 11.9 Å². The number of hydrogen-bond donors (Lipinski definition) is 1. The van der Waals surface area contributed by atoms with E-state index in [2.05, 4.69) is 4.98 Å². The van der Waals surface area contributed by atoms with Crippen molar-refractivity contribution in [1.82, 2.24) is 9.55 Å². The number of pyridine rings is 2. The van der Waals surface area contributed by atoms with Crippen molar-refractivity contribution >= 4 is 5.97 Å². The van der Waals surface area contributed by atoms with Crippen molar-refractivity contribution in [3.8, 4) is 5.75 Å². The van der Waals surface area contributed by atoms with Crippen LogP contribution in [-0.2, 0) is 22.5 Å². The normalized spacial score (nSPS) is 15.2. The SMILES string of the molecule is COC(=O)C1=C(N)Oc2cc(C)n(CCc3ccccc3)c(=O)c2C1c1ccncc1. The first kappa shape index (κ1) is 20.4. The molecule has 3 heterocycles. The van der Waals surface area contributed by atoms with Crippen molar-refractivity contribution in [2.45, 2.75) is 25.8 Å². The molecule has 2 aromatic heterocycles. The third-order valence-electron chi connectivity index (χ3n) is 5.48. The molecule has 2 N–H and O–H groups in total. The summed E-state index contributed by atoms with van der Waals surface area (Å²) in [6.45, 7) is 2.35. The predicted octanol–water partition coefficient (Wildman–Crippen LogP) is 2.66. The fourth-order valence-electron chi connectivity index (χ4n) is 3.95. The number of methoxy groups -OCH3 is 1. The average molecular weight is 417 g/mol. The van der Waals surface area contributed by atoms with Crippen LogP contribution in [0.25, 0.3) is 0 Å². The summed E-state index contributed by atoms with van der Waals surface area (Å²) in [7, 11) is 1.27. The minimum absolute atomic E-state index is 0.0676. The average Bonchev–Trinajstić information content (AvgIpc) is 2.78. The van der Waals surface area contributed by atoms with Crippen LogP contribution in [0.3, 0.4) is 0 Å². The molecule has 0 aliphatic carbocycles. The molecule has 0 saturated heterocycles. The standard InChI is InChI=1S/C24H23N3O4/c1-15-14-18-20(23(28)27(15)13-10-16-6-4-3-5-7-16)19(17-8-11-26-12-9-17)21(22(25)31-18)24(29)30-2/h3-9,11-12,14,19H,10,13,25H2,1-2H3. The molecule has 1 aromatic carbocycles. The van der Waals surface area contributed by atoms with Gasteiger partial charge in [-0.1, -0.05) is 30.3 Å². The molecule has 158 valence electrons. The predicted molar refractivity (Wildman–Crippen MR) is 116 cm³/mol. The summed E-state index contributed by atoms with van der Waals surface area (Å²) in [6.07, 6.45) is 3.92. The number of nitrogens with zero attached hydrogens (tertiary/aromatic N) is 2. The monoisotopic (exact) mass is 417 g/mol. The number of rotatable bonds is 5. The lowest BCUT2D eigenvalue weighted by Crippen LogP contribution is -2.35. The van der Waals surface area contributed by atoms with Crippen LogP contribution in [0.4, 0.5) is 0 Å². The quantitative estimate of drug-likeness (QED) is 0.641.